The number of carboxylic acid groups (broad SMARTS) is 3. The highest BCUT2D eigenvalue weighted by molar-refractivity contribution is 5.79. The summed E-state index contributed by atoms with van der Waals surface area (Å²) >= 11 is 0. The van der Waals surface area contributed by atoms with Gasteiger partial charge in [0.05, 0.1) is 0 Å². The predicted molar refractivity (Wildman–Crippen MR) is 114 cm³/mol. The largest absolute Gasteiger partial charge is 0.481 e. The highest BCUT2D eigenvalue weighted by atomic mass is 16.4. The van der Waals surface area contributed by atoms with Crippen LogP contribution in [0.1, 0.15) is 111 Å². The maximum absolute atomic E-state index is 10.2. The van der Waals surface area contributed by atoms with E-state index in [0.717, 1.165) is 26.7 Å². The lowest BCUT2D eigenvalue weighted by Crippen LogP contribution is -1.86. The maximum Gasteiger partial charge on any atom is 0.327 e. The van der Waals surface area contributed by atoms with E-state index in [0.29, 0.717) is 0 Å². The third-order valence-electron chi connectivity index (χ3n) is 3.73. The van der Waals surface area contributed by atoms with E-state index in [1.807, 2.05) is 0 Å². The minimum atomic E-state index is -0.834. The molecular weight excluding hydrogens is 360 g/mol. The Hall–Kier alpha value is -1.85. The first-order valence-electron chi connectivity index (χ1n) is 10.5. The summed E-state index contributed by atoms with van der Waals surface area (Å²) in [5.74, 6) is -2.50. The number of rotatable bonds is 15. The molecule has 0 aliphatic heterocycles. The average Bonchev–Trinajstić information content (AvgIpc) is 2.57. The molecule has 6 nitrogen and oxygen atoms in total. The summed E-state index contributed by atoms with van der Waals surface area (Å²) in [5.41, 5.74) is 0. The number of hydrogen-bond acceptors (Lipinski definition) is 3. The van der Waals surface area contributed by atoms with Gasteiger partial charge in [-0.3, -0.25) is 9.59 Å². The second-order valence-corrected chi connectivity index (χ2v) is 6.81. The topological polar surface area (TPSA) is 112 Å². The molecule has 0 saturated heterocycles. The summed E-state index contributed by atoms with van der Waals surface area (Å²) < 4.78 is 0. The average molecular weight is 403 g/mol. The Balaban J connectivity index is -0.000000656. The second kappa shape index (κ2) is 27.4. The van der Waals surface area contributed by atoms with Gasteiger partial charge in [-0.05, 0) is 12.8 Å². The monoisotopic (exact) mass is 402 g/mol. The molecule has 0 aromatic heterocycles. The SMILES string of the molecule is CC(=O)O.CC(=O)O.CCCCCCCCCCCCCCCC=CC(=O)O. The fourth-order valence-corrected chi connectivity index (χ4v) is 2.46. The molecule has 0 heterocycles. The van der Waals surface area contributed by atoms with Crippen LogP contribution in [0.15, 0.2) is 12.2 Å². The van der Waals surface area contributed by atoms with E-state index in [9.17, 15) is 4.79 Å². The van der Waals surface area contributed by atoms with Gasteiger partial charge in [0.1, 0.15) is 0 Å². The van der Waals surface area contributed by atoms with Gasteiger partial charge in [0.25, 0.3) is 11.9 Å². The van der Waals surface area contributed by atoms with Gasteiger partial charge in [-0.1, -0.05) is 90.0 Å². The molecule has 0 aliphatic carbocycles. The number of unbranched alkanes of at least 4 members (excludes halogenated alkanes) is 13. The van der Waals surface area contributed by atoms with E-state index >= 15 is 0 Å². The summed E-state index contributed by atoms with van der Waals surface area (Å²) in [5, 5.41) is 23.3. The normalized spacial score (nSPS) is 9.82. The molecule has 28 heavy (non-hydrogen) atoms. The lowest BCUT2D eigenvalue weighted by molar-refractivity contribution is -0.135. The molecule has 0 rings (SSSR count). The molecule has 0 aromatic rings. The molecule has 6 heteroatoms. The van der Waals surface area contributed by atoms with E-state index in [1.165, 1.54) is 83.1 Å². The molecule has 0 amide bonds. The number of carboxylic acids is 3. The Bertz CT molecular complexity index is 370. The van der Waals surface area contributed by atoms with Crippen molar-refractivity contribution in [1.29, 1.82) is 0 Å². The smallest absolute Gasteiger partial charge is 0.327 e. The van der Waals surface area contributed by atoms with Gasteiger partial charge in [0.2, 0.25) is 0 Å². The second-order valence-electron chi connectivity index (χ2n) is 6.81. The van der Waals surface area contributed by atoms with Crippen molar-refractivity contribution < 1.29 is 29.7 Å². The van der Waals surface area contributed by atoms with Gasteiger partial charge >= 0.3 is 5.97 Å². The lowest BCUT2D eigenvalue weighted by Gasteiger charge is -2.02. The van der Waals surface area contributed by atoms with Crippen LogP contribution in [0.5, 0.6) is 0 Å². The third-order valence-corrected chi connectivity index (χ3v) is 3.73. The summed E-state index contributed by atoms with van der Waals surface area (Å²) in [6, 6.07) is 0. The Labute approximate surface area is 171 Å². The van der Waals surface area contributed by atoms with E-state index in [4.69, 9.17) is 24.9 Å². The number of allylic oxidation sites excluding steroid dienone is 1. The Morgan fingerprint density at radius 1 is 0.607 bits per heavy atom. The van der Waals surface area contributed by atoms with Gasteiger partial charge in [-0.15, -0.1) is 0 Å². The molecule has 0 aromatic carbocycles. The number of hydrogen-bond donors (Lipinski definition) is 3. The summed E-state index contributed by atoms with van der Waals surface area (Å²) in [6.45, 7) is 4.43. The van der Waals surface area contributed by atoms with Crippen LogP contribution < -0.4 is 0 Å². The molecule has 0 fully saturated rings. The van der Waals surface area contributed by atoms with Crippen LogP contribution in [0.25, 0.3) is 0 Å². The summed E-state index contributed by atoms with van der Waals surface area (Å²) in [4.78, 5) is 28.2. The van der Waals surface area contributed by atoms with Gasteiger partial charge < -0.3 is 15.3 Å². The standard InChI is InChI=1S/C18H34O2.2C2H4O2/c1-2-3-4-5-6-7-8-9-10-11-12-13-14-15-16-17-18(19)20;2*1-2(3)4/h16-17H,2-15H2,1H3,(H,19,20);2*1H3,(H,3,4). The zero-order valence-electron chi connectivity index (χ0n) is 18.1. The predicted octanol–water partition coefficient (Wildman–Crippen LogP) is 6.29. The van der Waals surface area contributed by atoms with Crippen molar-refractivity contribution in [2.45, 2.75) is 111 Å². The zero-order chi connectivity index (χ0) is 22.0. The minimum absolute atomic E-state index is 0.833. The first-order chi connectivity index (χ1) is 13.2. The van der Waals surface area contributed by atoms with Crippen molar-refractivity contribution in [2.75, 3.05) is 0 Å². The third kappa shape index (κ3) is 56.4. The fraction of sp³-hybridized carbons (Fsp3) is 0.773. The van der Waals surface area contributed by atoms with Crippen LogP contribution in [-0.2, 0) is 14.4 Å². The van der Waals surface area contributed by atoms with Crippen LogP contribution in [0.3, 0.4) is 0 Å². The van der Waals surface area contributed by atoms with Crippen molar-refractivity contribution in [2.24, 2.45) is 0 Å². The van der Waals surface area contributed by atoms with E-state index < -0.39 is 17.9 Å². The van der Waals surface area contributed by atoms with Crippen molar-refractivity contribution in [3.8, 4) is 0 Å². The van der Waals surface area contributed by atoms with Crippen molar-refractivity contribution in [1.82, 2.24) is 0 Å². The van der Waals surface area contributed by atoms with Gasteiger partial charge in [0, 0.05) is 19.9 Å². The quantitative estimate of drug-likeness (QED) is 0.219. The first kappa shape index (κ1) is 30.9. The Morgan fingerprint density at radius 2 is 0.893 bits per heavy atom. The molecule has 0 bridgehead atoms. The van der Waals surface area contributed by atoms with Crippen LogP contribution in [0.4, 0.5) is 0 Å². The minimum Gasteiger partial charge on any atom is -0.481 e. The van der Waals surface area contributed by atoms with Gasteiger partial charge in [-0.25, -0.2) is 4.79 Å². The molecule has 0 aliphatic rings. The van der Waals surface area contributed by atoms with E-state index in [-0.39, 0.29) is 0 Å². The van der Waals surface area contributed by atoms with Crippen LogP contribution in [0, 0.1) is 0 Å². The van der Waals surface area contributed by atoms with Gasteiger partial charge in [0.15, 0.2) is 0 Å². The summed E-state index contributed by atoms with van der Waals surface area (Å²) in [6.07, 6.45) is 21.6. The molecule has 0 spiro atoms. The van der Waals surface area contributed by atoms with Crippen molar-refractivity contribution >= 4 is 17.9 Å². The fourth-order valence-electron chi connectivity index (χ4n) is 2.46. The zero-order valence-corrected chi connectivity index (χ0v) is 18.1. The van der Waals surface area contributed by atoms with Crippen molar-refractivity contribution in [3.05, 3.63) is 12.2 Å². The number of carbonyl (C=O) groups is 3. The van der Waals surface area contributed by atoms with Crippen LogP contribution in [0.2, 0.25) is 0 Å². The van der Waals surface area contributed by atoms with Gasteiger partial charge in [-0.2, -0.15) is 0 Å². The highest BCUT2D eigenvalue weighted by Crippen LogP contribution is 2.12. The highest BCUT2D eigenvalue weighted by Gasteiger charge is 1.93. The van der Waals surface area contributed by atoms with Crippen molar-refractivity contribution in [3.63, 3.8) is 0 Å². The Kier molecular flexibility index (Phi) is 30.2. The molecule has 166 valence electrons. The lowest BCUT2D eigenvalue weighted by atomic mass is 10.0. The molecular formula is C22H42O6. The summed E-state index contributed by atoms with van der Waals surface area (Å²) in [7, 11) is 0. The Morgan fingerprint density at radius 3 is 1.18 bits per heavy atom. The molecule has 0 unspecified atom stereocenters. The maximum atomic E-state index is 10.2. The molecule has 0 saturated carbocycles. The van der Waals surface area contributed by atoms with E-state index in [2.05, 4.69) is 6.92 Å². The molecule has 3 N–H and O–H groups in total. The number of aliphatic carboxylic acids is 3. The molecule has 0 radical (unpaired) electrons. The molecule has 0 atom stereocenters. The van der Waals surface area contributed by atoms with E-state index in [1.54, 1.807) is 6.08 Å². The first-order valence-corrected chi connectivity index (χ1v) is 10.5. The van der Waals surface area contributed by atoms with Crippen LogP contribution in [-0.4, -0.2) is 33.2 Å². The van der Waals surface area contributed by atoms with Crippen LogP contribution >= 0.6 is 0 Å².